The van der Waals surface area contributed by atoms with Crippen molar-refractivity contribution in [3.63, 3.8) is 0 Å². The number of carboxylic acid groups (broad SMARTS) is 1. The Bertz CT molecular complexity index is 606. The van der Waals surface area contributed by atoms with Crippen molar-refractivity contribution in [2.45, 2.75) is 18.1 Å². The first kappa shape index (κ1) is 14.6. The second-order valence-electron chi connectivity index (χ2n) is 4.49. The monoisotopic (exact) mass is 301 g/mol. The van der Waals surface area contributed by atoms with Gasteiger partial charge in [0, 0.05) is 13.2 Å². The summed E-state index contributed by atoms with van der Waals surface area (Å²) in [5.74, 6) is -1.55. The van der Waals surface area contributed by atoms with E-state index in [1.54, 1.807) is 0 Å². The van der Waals surface area contributed by atoms with Gasteiger partial charge >= 0.3 is 5.97 Å². The van der Waals surface area contributed by atoms with E-state index in [-0.39, 0.29) is 17.0 Å². The predicted molar refractivity (Wildman–Crippen MR) is 71.4 cm³/mol. The van der Waals surface area contributed by atoms with Gasteiger partial charge in [0.15, 0.2) is 0 Å². The molecular formula is C12H15NO6S. The quantitative estimate of drug-likeness (QED) is 0.715. The van der Waals surface area contributed by atoms with Crippen molar-refractivity contribution in [1.82, 2.24) is 0 Å². The molecule has 7 nitrogen and oxygen atoms in total. The van der Waals surface area contributed by atoms with Crippen molar-refractivity contribution in [1.29, 1.82) is 0 Å². The molecule has 1 aliphatic heterocycles. The molecule has 20 heavy (non-hydrogen) atoms. The Balaban J connectivity index is 2.27. The Morgan fingerprint density at radius 3 is 2.55 bits per heavy atom. The summed E-state index contributed by atoms with van der Waals surface area (Å²) in [6.07, 6.45) is 0.742. The van der Waals surface area contributed by atoms with Gasteiger partial charge in [0.1, 0.15) is 5.75 Å². The fourth-order valence-corrected chi connectivity index (χ4v) is 3.49. The normalized spacial score (nSPS) is 16.8. The molecule has 8 heteroatoms. The number of phenols is 1. The maximum atomic E-state index is 12.2. The Morgan fingerprint density at radius 1 is 1.30 bits per heavy atom. The van der Waals surface area contributed by atoms with E-state index in [2.05, 4.69) is 4.72 Å². The summed E-state index contributed by atoms with van der Waals surface area (Å²) >= 11 is 0. The number of aromatic carboxylic acids is 1. The lowest BCUT2D eigenvalue weighted by atomic mass is 10.2. The molecule has 0 aliphatic carbocycles. The number of hydrogen-bond acceptors (Lipinski definition) is 5. The fourth-order valence-electron chi connectivity index (χ4n) is 2.02. The van der Waals surface area contributed by atoms with Crippen molar-refractivity contribution in [2.24, 2.45) is 0 Å². The van der Waals surface area contributed by atoms with Gasteiger partial charge in [0.05, 0.1) is 16.5 Å². The number of aromatic hydroxyl groups is 1. The van der Waals surface area contributed by atoms with Crippen LogP contribution in [0, 0.1) is 0 Å². The summed E-state index contributed by atoms with van der Waals surface area (Å²) in [5.41, 5.74) is -0.345. The van der Waals surface area contributed by atoms with Gasteiger partial charge in [-0.05, 0) is 31.0 Å². The van der Waals surface area contributed by atoms with Crippen LogP contribution in [0.5, 0.6) is 5.75 Å². The number of nitrogens with one attached hydrogen (secondary N) is 1. The molecule has 0 radical (unpaired) electrons. The van der Waals surface area contributed by atoms with Crippen molar-refractivity contribution >= 4 is 21.7 Å². The van der Waals surface area contributed by atoms with E-state index in [1.807, 2.05) is 0 Å². The number of phenolic OH excluding ortho intramolecular Hbond substituents is 1. The van der Waals surface area contributed by atoms with E-state index in [1.165, 1.54) is 12.1 Å². The molecule has 1 aliphatic rings. The van der Waals surface area contributed by atoms with Gasteiger partial charge in [-0.25, -0.2) is 13.2 Å². The highest BCUT2D eigenvalue weighted by Gasteiger charge is 2.28. The first-order chi connectivity index (χ1) is 9.40. The number of anilines is 1. The molecule has 0 bridgehead atoms. The molecule has 0 spiro atoms. The Morgan fingerprint density at radius 2 is 1.95 bits per heavy atom. The third kappa shape index (κ3) is 3.20. The Kier molecular flexibility index (Phi) is 4.15. The highest BCUT2D eigenvalue weighted by Crippen LogP contribution is 2.25. The molecular weight excluding hydrogens is 286 g/mol. The van der Waals surface area contributed by atoms with E-state index >= 15 is 0 Å². The van der Waals surface area contributed by atoms with Gasteiger partial charge in [-0.3, -0.25) is 4.72 Å². The highest BCUT2D eigenvalue weighted by atomic mass is 32.2. The van der Waals surface area contributed by atoms with E-state index in [0.29, 0.717) is 26.1 Å². The van der Waals surface area contributed by atoms with Crippen LogP contribution in [0.3, 0.4) is 0 Å². The molecule has 1 aromatic carbocycles. The molecule has 0 aromatic heterocycles. The van der Waals surface area contributed by atoms with Crippen LogP contribution >= 0.6 is 0 Å². The summed E-state index contributed by atoms with van der Waals surface area (Å²) < 4.78 is 31.8. The summed E-state index contributed by atoms with van der Waals surface area (Å²) in [4.78, 5) is 11.1. The number of sulfonamides is 1. The molecule has 1 aromatic rings. The standard InChI is InChI=1S/C12H15NO6S/c14-8-1-2-11(10(7-8)12(15)16)13-20(17,18)9-3-5-19-6-4-9/h1-2,7,9,13-14H,3-6H2,(H,15,16). The zero-order chi connectivity index (χ0) is 14.8. The van der Waals surface area contributed by atoms with Crippen LogP contribution in [-0.4, -0.2) is 43.1 Å². The maximum absolute atomic E-state index is 12.2. The fraction of sp³-hybridized carbons (Fsp3) is 0.417. The van der Waals surface area contributed by atoms with Gasteiger partial charge < -0.3 is 14.9 Å². The van der Waals surface area contributed by atoms with Crippen LogP contribution < -0.4 is 4.72 Å². The molecule has 110 valence electrons. The first-order valence-corrected chi connectivity index (χ1v) is 7.60. The molecule has 1 fully saturated rings. The van der Waals surface area contributed by atoms with Gasteiger partial charge in [-0.15, -0.1) is 0 Å². The lowest BCUT2D eigenvalue weighted by molar-refractivity contribution is 0.0697. The van der Waals surface area contributed by atoms with Crippen LogP contribution in [0.4, 0.5) is 5.69 Å². The van der Waals surface area contributed by atoms with Gasteiger partial charge in [-0.2, -0.15) is 0 Å². The minimum absolute atomic E-state index is 0.0539. The molecule has 3 N–H and O–H groups in total. The smallest absolute Gasteiger partial charge is 0.337 e. The van der Waals surface area contributed by atoms with Crippen LogP contribution in [0.1, 0.15) is 23.2 Å². The average molecular weight is 301 g/mol. The average Bonchev–Trinajstić information content (AvgIpc) is 2.41. The third-order valence-electron chi connectivity index (χ3n) is 3.09. The predicted octanol–water partition coefficient (Wildman–Crippen LogP) is 1.01. The molecule has 1 heterocycles. The third-order valence-corrected chi connectivity index (χ3v) is 4.95. The summed E-state index contributed by atoms with van der Waals surface area (Å²) in [6.45, 7) is 0.736. The van der Waals surface area contributed by atoms with Gasteiger partial charge in [-0.1, -0.05) is 0 Å². The largest absolute Gasteiger partial charge is 0.508 e. The topological polar surface area (TPSA) is 113 Å². The van der Waals surface area contributed by atoms with Crippen molar-refractivity contribution in [2.75, 3.05) is 17.9 Å². The second-order valence-corrected chi connectivity index (χ2v) is 6.45. The van der Waals surface area contributed by atoms with Crippen molar-refractivity contribution in [3.8, 4) is 5.75 Å². The number of carboxylic acids is 1. The summed E-state index contributed by atoms with van der Waals surface area (Å²) in [6, 6.07) is 3.47. The zero-order valence-electron chi connectivity index (χ0n) is 10.6. The van der Waals surface area contributed by atoms with Crippen LogP contribution in [0.25, 0.3) is 0 Å². The lowest BCUT2D eigenvalue weighted by Gasteiger charge is -2.23. The number of carbonyl (C=O) groups is 1. The Hall–Kier alpha value is -1.80. The van der Waals surface area contributed by atoms with E-state index in [0.717, 1.165) is 6.07 Å². The van der Waals surface area contributed by atoms with Crippen molar-refractivity contribution < 1.29 is 28.2 Å². The van der Waals surface area contributed by atoms with Crippen molar-refractivity contribution in [3.05, 3.63) is 23.8 Å². The Labute approximate surface area is 116 Å². The van der Waals surface area contributed by atoms with E-state index < -0.39 is 21.2 Å². The first-order valence-electron chi connectivity index (χ1n) is 6.06. The lowest BCUT2D eigenvalue weighted by Crippen LogP contribution is -2.33. The minimum Gasteiger partial charge on any atom is -0.508 e. The van der Waals surface area contributed by atoms with Gasteiger partial charge in [0.25, 0.3) is 0 Å². The minimum atomic E-state index is -3.68. The molecule has 1 saturated heterocycles. The molecule has 0 unspecified atom stereocenters. The zero-order valence-corrected chi connectivity index (χ0v) is 11.4. The van der Waals surface area contributed by atoms with Crippen LogP contribution in [0.15, 0.2) is 18.2 Å². The van der Waals surface area contributed by atoms with E-state index in [4.69, 9.17) is 9.84 Å². The summed E-state index contributed by atoms with van der Waals surface area (Å²) in [5, 5.41) is 17.7. The molecule has 2 rings (SSSR count). The number of hydrogen-bond donors (Lipinski definition) is 3. The number of benzene rings is 1. The molecule has 0 amide bonds. The molecule has 0 saturated carbocycles. The van der Waals surface area contributed by atoms with Crippen LogP contribution in [-0.2, 0) is 14.8 Å². The van der Waals surface area contributed by atoms with E-state index in [9.17, 15) is 18.3 Å². The highest BCUT2D eigenvalue weighted by molar-refractivity contribution is 7.93. The van der Waals surface area contributed by atoms with Crippen LogP contribution in [0.2, 0.25) is 0 Å². The second kappa shape index (κ2) is 5.68. The van der Waals surface area contributed by atoms with Gasteiger partial charge in [0.2, 0.25) is 10.0 Å². The maximum Gasteiger partial charge on any atom is 0.337 e. The molecule has 0 atom stereocenters. The summed E-state index contributed by atoms with van der Waals surface area (Å²) in [7, 11) is -3.68. The number of ether oxygens (including phenoxy) is 1. The SMILES string of the molecule is O=C(O)c1cc(O)ccc1NS(=O)(=O)C1CCOCC1. The number of rotatable bonds is 4.